The molecule has 1 aliphatic carbocycles. The summed E-state index contributed by atoms with van der Waals surface area (Å²) in [5.74, 6) is 0.968. The van der Waals surface area contributed by atoms with E-state index in [1.807, 2.05) is 18.2 Å². The summed E-state index contributed by atoms with van der Waals surface area (Å²) in [5.41, 5.74) is 0.928. The maximum absolute atomic E-state index is 11.8. The van der Waals surface area contributed by atoms with Crippen molar-refractivity contribution < 1.29 is 4.79 Å². The van der Waals surface area contributed by atoms with Crippen molar-refractivity contribution in [3.05, 3.63) is 24.5 Å². The third kappa shape index (κ3) is 3.87. The minimum absolute atomic E-state index is 0.0986. The van der Waals surface area contributed by atoms with Crippen LogP contribution in [0.1, 0.15) is 25.3 Å². The number of carbonyl (C=O) groups excluding carboxylic acids is 1. The van der Waals surface area contributed by atoms with Crippen LogP contribution in [0.4, 0.5) is 0 Å². The van der Waals surface area contributed by atoms with Gasteiger partial charge in [-0.05, 0) is 25.0 Å². The van der Waals surface area contributed by atoms with E-state index in [1.54, 1.807) is 12.4 Å². The summed E-state index contributed by atoms with van der Waals surface area (Å²) < 4.78 is 2.10. The van der Waals surface area contributed by atoms with Gasteiger partial charge >= 0.3 is 0 Å². The molecular weight excluding hydrogens is 312 g/mol. The zero-order valence-corrected chi connectivity index (χ0v) is 13.3. The minimum atomic E-state index is -0.0986. The quantitative estimate of drug-likeness (QED) is 0.615. The summed E-state index contributed by atoms with van der Waals surface area (Å²) in [7, 11) is 0. The molecular formula is C15H16N6OS. The van der Waals surface area contributed by atoms with E-state index in [2.05, 4.69) is 25.1 Å². The Morgan fingerprint density at radius 2 is 2.35 bits per heavy atom. The highest BCUT2D eigenvalue weighted by molar-refractivity contribution is 7.99. The Hall–Kier alpha value is -2.40. The molecule has 0 aliphatic heterocycles. The number of hydrogen-bond acceptors (Lipinski definition) is 6. The van der Waals surface area contributed by atoms with E-state index in [1.165, 1.54) is 11.8 Å². The number of aromatic nitrogens is 4. The molecule has 3 rings (SSSR count). The third-order valence-electron chi connectivity index (χ3n) is 3.39. The van der Waals surface area contributed by atoms with Crippen LogP contribution in [0.2, 0.25) is 0 Å². The summed E-state index contributed by atoms with van der Waals surface area (Å²) in [4.78, 5) is 15.9. The molecule has 2 aromatic rings. The Balaban J connectivity index is 1.70. The van der Waals surface area contributed by atoms with E-state index in [4.69, 9.17) is 5.26 Å². The molecule has 1 saturated carbocycles. The molecule has 8 heteroatoms. The number of amides is 1. The molecule has 0 aromatic carbocycles. The zero-order valence-electron chi connectivity index (χ0n) is 12.5. The van der Waals surface area contributed by atoms with E-state index in [9.17, 15) is 4.79 Å². The molecule has 1 aliphatic rings. The van der Waals surface area contributed by atoms with Gasteiger partial charge in [0.05, 0.1) is 18.2 Å². The topological polar surface area (TPSA) is 96.5 Å². The predicted molar refractivity (Wildman–Crippen MR) is 85.5 cm³/mol. The molecule has 7 nitrogen and oxygen atoms in total. The van der Waals surface area contributed by atoms with Crippen molar-refractivity contribution in [2.45, 2.75) is 30.5 Å². The van der Waals surface area contributed by atoms with E-state index < -0.39 is 0 Å². The van der Waals surface area contributed by atoms with Crippen LogP contribution in [0.5, 0.6) is 0 Å². The second kappa shape index (κ2) is 7.24. The highest BCUT2D eigenvalue weighted by Gasteiger charge is 2.30. The lowest BCUT2D eigenvalue weighted by molar-refractivity contribution is -0.118. The van der Waals surface area contributed by atoms with Crippen molar-refractivity contribution in [3.63, 3.8) is 0 Å². The zero-order chi connectivity index (χ0) is 16.1. The first-order chi connectivity index (χ1) is 11.3. The van der Waals surface area contributed by atoms with Crippen molar-refractivity contribution in [3.8, 4) is 17.5 Å². The number of thioether (sulfide) groups is 1. The van der Waals surface area contributed by atoms with Gasteiger partial charge in [0.2, 0.25) is 5.91 Å². The maximum atomic E-state index is 11.8. The molecule has 0 saturated heterocycles. The summed E-state index contributed by atoms with van der Waals surface area (Å²) in [5, 5.41) is 20.4. The normalized spacial score (nSPS) is 13.5. The van der Waals surface area contributed by atoms with Gasteiger partial charge in [0.25, 0.3) is 0 Å². The molecule has 0 spiro atoms. The fourth-order valence-corrected chi connectivity index (χ4v) is 3.00. The van der Waals surface area contributed by atoms with Crippen LogP contribution < -0.4 is 5.32 Å². The van der Waals surface area contributed by atoms with Gasteiger partial charge in [0.15, 0.2) is 11.0 Å². The van der Waals surface area contributed by atoms with E-state index >= 15 is 0 Å². The van der Waals surface area contributed by atoms with Gasteiger partial charge in [-0.15, -0.1) is 10.2 Å². The molecule has 0 atom stereocenters. The van der Waals surface area contributed by atoms with Crippen LogP contribution in [-0.4, -0.2) is 38.0 Å². The van der Waals surface area contributed by atoms with Crippen LogP contribution in [0, 0.1) is 11.3 Å². The molecule has 2 heterocycles. The number of nitriles is 1. The van der Waals surface area contributed by atoms with Gasteiger partial charge in [-0.25, -0.2) is 0 Å². The average molecular weight is 328 g/mol. The Kier molecular flexibility index (Phi) is 4.88. The van der Waals surface area contributed by atoms with Crippen LogP contribution in [0.25, 0.3) is 11.4 Å². The molecule has 1 fully saturated rings. The number of nitrogens with zero attached hydrogens (tertiary/aromatic N) is 5. The average Bonchev–Trinajstić information content (AvgIpc) is 3.33. The van der Waals surface area contributed by atoms with Crippen LogP contribution in [-0.2, 0) is 4.79 Å². The largest absolute Gasteiger partial charge is 0.354 e. The Labute approximate surface area is 138 Å². The van der Waals surface area contributed by atoms with Crippen molar-refractivity contribution in [1.82, 2.24) is 25.1 Å². The molecule has 118 valence electrons. The van der Waals surface area contributed by atoms with E-state index in [0.29, 0.717) is 19.0 Å². The first-order valence-electron chi connectivity index (χ1n) is 7.41. The standard InChI is InChI=1S/C15H16N6OS/c16-6-2-8-18-13(22)10-23-15-20-19-14(21(15)12-4-5-12)11-3-1-7-17-9-11/h1,3,7,9,12H,2,4-5,8,10H2,(H,18,22). The van der Waals surface area contributed by atoms with Crippen molar-refractivity contribution in [2.75, 3.05) is 12.3 Å². The number of carbonyl (C=O) groups is 1. The smallest absolute Gasteiger partial charge is 0.230 e. The van der Waals surface area contributed by atoms with Crippen molar-refractivity contribution in [1.29, 1.82) is 5.26 Å². The first kappa shape index (κ1) is 15.5. The van der Waals surface area contributed by atoms with Crippen molar-refractivity contribution >= 4 is 17.7 Å². The van der Waals surface area contributed by atoms with E-state index in [-0.39, 0.29) is 11.7 Å². The fraction of sp³-hybridized carbons (Fsp3) is 0.400. The molecule has 0 radical (unpaired) electrons. The highest BCUT2D eigenvalue weighted by Crippen LogP contribution is 2.40. The predicted octanol–water partition coefficient (Wildman–Crippen LogP) is 1.80. The van der Waals surface area contributed by atoms with Crippen molar-refractivity contribution in [2.24, 2.45) is 0 Å². The molecule has 0 bridgehead atoms. The third-order valence-corrected chi connectivity index (χ3v) is 4.33. The van der Waals surface area contributed by atoms with Gasteiger partial charge < -0.3 is 5.32 Å². The van der Waals surface area contributed by atoms with Gasteiger partial charge in [-0.1, -0.05) is 11.8 Å². The molecule has 23 heavy (non-hydrogen) atoms. The Bertz CT molecular complexity index is 719. The number of hydrogen-bond donors (Lipinski definition) is 1. The van der Waals surface area contributed by atoms with Crippen LogP contribution in [0.3, 0.4) is 0 Å². The second-order valence-corrected chi connectivity index (χ2v) is 6.14. The first-order valence-corrected chi connectivity index (χ1v) is 8.40. The fourth-order valence-electron chi connectivity index (χ4n) is 2.17. The Morgan fingerprint density at radius 3 is 3.04 bits per heavy atom. The van der Waals surface area contributed by atoms with Crippen LogP contribution in [0.15, 0.2) is 29.7 Å². The molecule has 1 N–H and O–H groups in total. The van der Waals surface area contributed by atoms with Gasteiger partial charge in [0, 0.05) is 30.5 Å². The number of pyridine rings is 1. The number of rotatable bonds is 7. The second-order valence-electron chi connectivity index (χ2n) is 5.20. The van der Waals surface area contributed by atoms with Crippen LogP contribution >= 0.6 is 11.8 Å². The van der Waals surface area contributed by atoms with Gasteiger partial charge in [-0.3, -0.25) is 14.3 Å². The highest BCUT2D eigenvalue weighted by atomic mass is 32.2. The number of nitrogens with one attached hydrogen (secondary N) is 1. The minimum Gasteiger partial charge on any atom is -0.354 e. The molecule has 2 aromatic heterocycles. The Morgan fingerprint density at radius 1 is 1.48 bits per heavy atom. The lowest BCUT2D eigenvalue weighted by Gasteiger charge is -2.08. The van der Waals surface area contributed by atoms with Gasteiger partial charge in [0.1, 0.15) is 0 Å². The van der Waals surface area contributed by atoms with Gasteiger partial charge in [-0.2, -0.15) is 5.26 Å². The lowest BCUT2D eigenvalue weighted by atomic mass is 10.3. The summed E-state index contributed by atoms with van der Waals surface area (Å²) in [6, 6.07) is 6.23. The van der Waals surface area contributed by atoms with E-state index in [0.717, 1.165) is 29.4 Å². The molecule has 1 amide bonds. The monoisotopic (exact) mass is 328 g/mol. The maximum Gasteiger partial charge on any atom is 0.230 e. The summed E-state index contributed by atoms with van der Waals surface area (Å²) in [6.45, 7) is 0.381. The lowest BCUT2D eigenvalue weighted by Crippen LogP contribution is -2.26. The summed E-state index contributed by atoms with van der Waals surface area (Å²) >= 11 is 1.37. The molecule has 0 unspecified atom stereocenters. The SMILES string of the molecule is N#CCCNC(=O)CSc1nnc(-c2cccnc2)n1C1CC1. The summed E-state index contributed by atoms with van der Waals surface area (Å²) in [6.07, 6.45) is 6.02.